The van der Waals surface area contributed by atoms with Gasteiger partial charge in [0, 0.05) is 18.0 Å². The van der Waals surface area contributed by atoms with Crippen LogP contribution in [0.1, 0.15) is 24.6 Å². The molecule has 1 saturated heterocycles. The van der Waals surface area contributed by atoms with E-state index in [-0.39, 0.29) is 11.8 Å². The van der Waals surface area contributed by atoms with Crippen molar-refractivity contribution in [3.05, 3.63) is 36.2 Å². The lowest BCUT2D eigenvalue weighted by Crippen LogP contribution is -2.40. The Kier molecular flexibility index (Phi) is 3.96. The van der Waals surface area contributed by atoms with Crippen molar-refractivity contribution >= 4 is 5.91 Å². The van der Waals surface area contributed by atoms with Gasteiger partial charge in [-0.2, -0.15) is 5.10 Å². The van der Waals surface area contributed by atoms with Crippen molar-refractivity contribution in [2.24, 2.45) is 5.73 Å². The van der Waals surface area contributed by atoms with E-state index in [1.165, 1.54) is 0 Å². The lowest BCUT2D eigenvalue weighted by atomic mass is 9.97. The van der Waals surface area contributed by atoms with Crippen molar-refractivity contribution < 1.29 is 4.79 Å². The second-order valence-electron chi connectivity index (χ2n) is 5.45. The van der Waals surface area contributed by atoms with Crippen LogP contribution in [0.4, 0.5) is 0 Å². The molecule has 0 saturated carbocycles. The van der Waals surface area contributed by atoms with Crippen LogP contribution in [0.2, 0.25) is 0 Å². The van der Waals surface area contributed by atoms with E-state index in [2.05, 4.69) is 20.1 Å². The van der Waals surface area contributed by atoms with E-state index < -0.39 is 0 Å². The Labute approximate surface area is 123 Å². The predicted molar refractivity (Wildman–Crippen MR) is 79.4 cm³/mol. The molecule has 0 aliphatic carbocycles. The molecule has 1 amide bonds. The highest BCUT2D eigenvalue weighted by molar-refractivity contribution is 5.75. The van der Waals surface area contributed by atoms with Gasteiger partial charge in [0.25, 0.3) is 0 Å². The molecule has 0 radical (unpaired) electrons. The number of piperidine rings is 1. The first-order valence-electron chi connectivity index (χ1n) is 7.21. The molecule has 2 heterocycles. The summed E-state index contributed by atoms with van der Waals surface area (Å²) in [5, 5.41) is 7.35. The standard InChI is InChI=1S/C15H19N5O/c16-13(21)10-20-8-4-7-12(9-20)15-17-14(18-19-15)11-5-2-1-3-6-11/h1-3,5-6,12H,4,7-10H2,(H2,16,21)(H,17,18,19). The zero-order chi connectivity index (χ0) is 14.7. The first kappa shape index (κ1) is 13.8. The van der Waals surface area contributed by atoms with Crippen LogP contribution < -0.4 is 5.73 Å². The van der Waals surface area contributed by atoms with Gasteiger partial charge in [0.2, 0.25) is 5.91 Å². The topological polar surface area (TPSA) is 87.9 Å². The van der Waals surface area contributed by atoms with Gasteiger partial charge < -0.3 is 5.73 Å². The molecule has 3 rings (SSSR count). The number of likely N-dealkylation sites (tertiary alicyclic amines) is 1. The van der Waals surface area contributed by atoms with Gasteiger partial charge in [0.05, 0.1) is 6.54 Å². The average molecular weight is 285 g/mol. The fraction of sp³-hybridized carbons (Fsp3) is 0.400. The smallest absolute Gasteiger partial charge is 0.231 e. The van der Waals surface area contributed by atoms with Gasteiger partial charge in [-0.3, -0.25) is 14.8 Å². The number of hydrogen-bond donors (Lipinski definition) is 2. The molecule has 1 aromatic carbocycles. The molecule has 2 aromatic rings. The van der Waals surface area contributed by atoms with Crippen LogP contribution in [0.3, 0.4) is 0 Å². The monoisotopic (exact) mass is 285 g/mol. The number of hydrogen-bond acceptors (Lipinski definition) is 4. The summed E-state index contributed by atoms with van der Waals surface area (Å²) < 4.78 is 0. The summed E-state index contributed by atoms with van der Waals surface area (Å²) in [5.41, 5.74) is 6.28. The van der Waals surface area contributed by atoms with Crippen molar-refractivity contribution in [3.8, 4) is 11.4 Å². The quantitative estimate of drug-likeness (QED) is 0.881. The first-order chi connectivity index (χ1) is 10.2. The molecular formula is C15H19N5O. The second kappa shape index (κ2) is 6.05. The maximum Gasteiger partial charge on any atom is 0.231 e. The Bertz CT molecular complexity index is 610. The molecule has 1 aliphatic rings. The average Bonchev–Trinajstić information content (AvgIpc) is 2.98. The van der Waals surface area contributed by atoms with E-state index in [0.717, 1.165) is 43.1 Å². The van der Waals surface area contributed by atoms with Crippen LogP contribution in [0.5, 0.6) is 0 Å². The summed E-state index contributed by atoms with van der Waals surface area (Å²) in [4.78, 5) is 17.7. The fourth-order valence-corrected chi connectivity index (χ4v) is 2.82. The Morgan fingerprint density at radius 1 is 1.38 bits per heavy atom. The minimum Gasteiger partial charge on any atom is -0.369 e. The zero-order valence-corrected chi connectivity index (χ0v) is 11.8. The molecule has 6 nitrogen and oxygen atoms in total. The van der Waals surface area contributed by atoms with Crippen molar-refractivity contribution in [3.63, 3.8) is 0 Å². The molecule has 1 aliphatic heterocycles. The number of rotatable bonds is 4. The Morgan fingerprint density at radius 3 is 2.95 bits per heavy atom. The first-order valence-corrected chi connectivity index (χ1v) is 7.21. The second-order valence-corrected chi connectivity index (χ2v) is 5.45. The largest absolute Gasteiger partial charge is 0.369 e. The number of H-pyrrole nitrogens is 1. The minimum absolute atomic E-state index is 0.279. The zero-order valence-electron chi connectivity index (χ0n) is 11.8. The summed E-state index contributed by atoms with van der Waals surface area (Å²) in [6, 6.07) is 9.90. The van der Waals surface area contributed by atoms with Crippen LogP contribution in [0, 0.1) is 0 Å². The molecular weight excluding hydrogens is 266 g/mol. The van der Waals surface area contributed by atoms with E-state index in [4.69, 9.17) is 5.73 Å². The molecule has 1 fully saturated rings. The van der Waals surface area contributed by atoms with Crippen LogP contribution in [0.25, 0.3) is 11.4 Å². The maximum absolute atomic E-state index is 11.0. The van der Waals surface area contributed by atoms with E-state index in [0.29, 0.717) is 6.54 Å². The minimum atomic E-state index is -0.279. The fourth-order valence-electron chi connectivity index (χ4n) is 2.82. The SMILES string of the molecule is NC(=O)CN1CCCC(c2nc(-c3ccccc3)n[nH]2)C1. The maximum atomic E-state index is 11.0. The highest BCUT2D eigenvalue weighted by atomic mass is 16.1. The van der Waals surface area contributed by atoms with Gasteiger partial charge in [-0.05, 0) is 19.4 Å². The molecule has 3 N–H and O–H groups in total. The Balaban J connectivity index is 1.72. The number of carbonyl (C=O) groups excluding carboxylic acids is 1. The molecule has 21 heavy (non-hydrogen) atoms. The van der Waals surface area contributed by atoms with Crippen LogP contribution in [-0.2, 0) is 4.79 Å². The summed E-state index contributed by atoms with van der Waals surface area (Å²) in [6.07, 6.45) is 2.10. The highest BCUT2D eigenvalue weighted by Gasteiger charge is 2.24. The number of nitrogens with one attached hydrogen (secondary N) is 1. The van der Waals surface area contributed by atoms with E-state index >= 15 is 0 Å². The van der Waals surface area contributed by atoms with Gasteiger partial charge in [0.15, 0.2) is 5.82 Å². The summed E-state index contributed by atoms with van der Waals surface area (Å²) >= 11 is 0. The number of aromatic nitrogens is 3. The van der Waals surface area contributed by atoms with Crippen LogP contribution in [0.15, 0.2) is 30.3 Å². The number of amides is 1. The van der Waals surface area contributed by atoms with Crippen molar-refractivity contribution in [2.45, 2.75) is 18.8 Å². The van der Waals surface area contributed by atoms with Crippen molar-refractivity contribution in [1.29, 1.82) is 0 Å². The third kappa shape index (κ3) is 3.28. The molecule has 1 aromatic heterocycles. The number of nitrogens with two attached hydrogens (primary N) is 1. The van der Waals surface area contributed by atoms with E-state index in [1.54, 1.807) is 0 Å². The van der Waals surface area contributed by atoms with Crippen LogP contribution in [-0.4, -0.2) is 45.6 Å². The Hall–Kier alpha value is -2.21. The van der Waals surface area contributed by atoms with Gasteiger partial charge in [0.1, 0.15) is 5.82 Å². The third-order valence-electron chi connectivity index (χ3n) is 3.81. The van der Waals surface area contributed by atoms with Crippen molar-refractivity contribution in [1.82, 2.24) is 20.1 Å². The Morgan fingerprint density at radius 2 is 2.19 bits per heavy atom. The van der Waals surface area contributed by atoms with Gasteiger partial charge in [-0.15, -0.1) is 0 Å². The molecule has 0 bridgehead atoms. The number of benzene rings is 1. The molecule has 1 unspecified atom stereocenters. The molecule has 0 spiro atoms. The lowest BCUT2D eigenvalue weighted by molar-refractivity contribution is -0.119. The highest BCUT2D eigenvalue weighted by Crippen LogP contribution is 2.25. The summed E-state index contributed by atoms with van der Waals surface area (Å²) in [7, 11) is 0. The van der Waals surface area contributed by atoms with Gasteiger partial charge >= 0.3 is 0 Å². The lowest BCUT2D eigenvalue weighted by Gasteiger charge is -2.30. The summed E-state index contributed by atoms with van der Waals surface area (Å²) in [6.45, 7) is 2.03. The van der Waals surface area contributed by atoms with Gasteiger partial charge in [-0.25, -0.2) is 4.98 Å². The number of nitrogens with zero attached hydrogens (tertiary/aromatic N) is 3. The third-order valence-corrected chi connectivity index (χ3v) is 3.81. The normalized spacial score (nSPS) is 19.5. The predicted octanol–water partition coefficient (Wildman–Crippen LogP) is 1.14. The molecule has 6 heteroatoms. The number of carbonyl (C=O) groups is 1. The van der Waals surface area contributed by atoms with E-state index in [1.807, 2.05) is 30.3 Å². The number of aromatic amines is 1. The summed E-state index contributed by atoms with van der Waals surface area (Å²) in [5.74, 6) is 1.61. The van der Waals surface area contributed by atoms with E-state index in [9.17, 15) is 4.79 Å². The van der Waals surface area contributed by atoms with Crippen LogP contribution >= 0.6 is 0 Å². The van der Waals surface area contributed by atoms with Crippen molar-refractivity contribution in [2.75, 3.05) is 19.6 Å². The molecule has 110 valence electrons. The van der Waals surface area contributed by atoms with Gasteiger partial charge in [-0.1, -0.05) is 30.3 Å². The number of primary amides is 1. The molecule has 1 atom stereocenters.